The van der Waals surface area contributed by atoms with Crippen molar-refractivity contribution < 1.29 is 42.9 Å². The average Bonchev–Trinajstić information content (AvgIpc) is 3.23. The minimum absolute atomic E-state index is 0.187. The second kappa shape index (κ2) is 21.6. The third kappa shape index (κ3) is 13.5. The molecule has 2 saturated carbocycles. The van der Waals surface area contributed by atoms with Crippen molar-refractivity contribution in [2.75, 3.05) is 65.6 Å². The molecular formula is C46H78N6O9. The topological polar surface area (TPSA) is 150 Å². The fourth-order valence-electron chi connectivity index (χ4n) is 10.6. The van der Waals surface area contributed by atoms with Crippen LogP contribution >= 0.6 is 0 Å². The maximum atomic E-state index is 12.7. The molecule has 8 fully saturated rings. The molecule has 346 valence electrons. The largest absolute Gasteiger partial charge is 0.444 e. The van der Waals surface area contributed by atoms with Crippen molar-refractivity contribution in [1.29, 1.82) is 0 Å². The molecule has 0 spiro atoms. The normalized spacial score (nSPS) is 29.0. The third-order valence-corrected chi connectivity index (χ3v) is 13.7. The quantitative estimate of drug-likeness (QED) is 0.383. The number of ether oxygens (including phenoxy) is 4. The van der Waals surface area contributed by atoms with Crippen molar-refractivity contribution in [3.63, 3.8) is 0 Å². The van der Waals surface area contributed by atoms with Gasteiger partial charge in [-0.2, -0.15) is 0 Å². The maximum Gasteiger partial charge on any atom is 0.410 e. The van der Waals surface area contributed by atoms with Gasteiger partial charge in [0.2, 0.25) is 11.8 Å². The summed E-state index contributed by atoms with van der Waals surface area (Å²) in [5.74, 6) is 0.645. The number of nitrogens with zero attached hydrogens (tertiary/aromatic N) is 5. The Morgan fingerprint density at radius 3 is 1.41 bits per heavy atom. The highest BCUT2D eigenvalue weighted by molar-refractivity contribution is 5.81. The highest BCUT2D eigenvalue weighted by Crippen LogP contribution is 2.34. The van der Waals surface area contributed by atoms with Crippen molar-refractivity contribution in [3.8, 4) is 0 Å². The molecule has 0 aromatic rings. The summed E-state index contributed by atoms with van der Waals surface area (Å²) in [6.07, 6.45) is 16.7. The monoisotopic (exact) mass is 859 g/mol. The minimum Gasteiger partial charge on any atom is -0.444 e. The van der Waals surface area contributed by atoms with Crippen LogP contribution in [0, 0.1) is 0 Å². The zero-order valence-electron chi connectivity index (χ0n) is 38.3. The fraction of sp³-hybridized carbons (Fsp3) is 0.891. The van der Waals surface area contributed by atoms with E-state index in [0.717, 1.165) is 103 Å². The second-order valence-corrected chi connectivity index (χ2v) is 20.5. The van der Waals surface area contributed by atoms with Gasteiger partial charge in [-0.15, -0.1) is 0 Å². The predicted octanol–water partition coefficient (Wildman–Crippen LogP) is 5.52. The van der Waals surface area contributed by atoms with Crippen LogP contribution < -0.4 is 5.32 Å². The lowest BCUT2D eigenvalue weighted by molar-refractivity contribution is -0.167. The first-order chi connectivity index (χ1) is 29.1. The Labute approximate surface area is 365 Å². The lowest BCUT2D eigenvalue weighted by atomic mass is 9.87. The molecule has 0 bridgehead atoms. The summed E-state index contributed by atoms with van der Waals surface area (Å²) >= 11 is 0. The maximum absolute atomic E-state index is 12.7. The van der Waals surface area contributed by atoms with Crippen LogP contribution in [0.3, 0.4) is 0 Å². The van der Waals surface area contributed by atoms with Crippen LogP contribution in [0.4, 0.5) is 9.59 Å². The molecule has 6 heterocycles. The first-order valence-electron chi connectivity index (χ1n) is 23.8. The first kappa shape index (κ1) is 47.5. The molecule has 0 radical (unpaired) electrons. The Balaban J connectivity index is 0.000000169. The first-order valence-corrected chi connectivity index (χ1v) is 23.8. The van der Waals surface area contributed by atoms with Gasteiger partial charge in [0.25, 0.3) is 0 Å². The zero-order valence-corrected chi connectivity index (χ0v) is 38.3. The molecule has 0 unspecified atom stereocenters. The molecule has 61 heavy (non-hydrogen) atoms. The van der Waals surface area contributed by atoms with E-state index in [0.29, 0.717) is 68.9 Å². The van der Waals surface area contributed by atoms with Crippen LogP contribution in [0.2, 0.25) is 0 Å². The van der Waals surface area contributed by atoms with Crippen molar-refractivity contribution in [2.24, 2.45) is 0 Å². The molecule has 6 aliphatic heterocycles. The molecule has 8 aliphatic rings. The summed E-state index contributed by atoms with van der Waals surface area (Å²) in [6.45, 7) is 18.5. The van der Waals surface area contributed by atoms with Gasteiger partial charge in [-0.05, 0) is 119 Å². The smallest absolute Gasteiger partial charge is 0.410 e. The van der Waals surface area contributed by atoms with E-state index >= 15 is 0 Å². The summed E-state index contributed by atoms with van der Waals surface area (Å²) in [5, 5.41) is 3.37. The Morgan fingerprint density at radius 2 is 0.951 bits per heavy atom. The van der Waals surface area contributed by atoms with Gasteiger partial charge in [0, 0.05) is 70.2 Å². The van der Waals surface area contributed by atoms with E-state index in [4.69, 9.17) is 18.9 Å². The average molecular weight is 859 g/mol. The molecule has 4 atom stereocenters. The number of piperidine rings is 4. The van der Waals surface area contributed by atoms with E-state index < -0.39 is 11.2 Å². The number of rotatable bonds is 3. The highest BCUT2D eigenvalue weighted by atomic mass is 16.6. The van der Waals surface area contributed by atoms with Gasteiger partial charge < -0.3 is 48.8 Å². The summed E-state index contributed by atoms with van der Waals surface area (Å²) in [6, 6.07) is 2.03. The Bertz CT molecular complexity index is 1470. The number of amides is 4. The number of carbonyl (C=O) groups is 5. The molecule has 8 rings (SSSR count). The van der Waals surface area contributed by atoms with E-state index in [1.165, 1.54) is 25.7 Å². The Hall–Kier alpha value is -3.01. The molecule has 15 nitrogen and oxygen atoms in total. The number of likely N-dealkylation sites (tertiary alicyclic amines) is 3. The van der Waals surface area contributed by atoms with Gasteiger partial charge in [-0.1, -0.05) is 25.7 Å². The summed E-state index contributed by atoms with van der Waals surface area (Å²) < 4.78 is 22.3. The number of carbonyl (C=O) groups excluding carboxylic acids is 5. The SMILES string of the molecule is CC(C)(C)OC(=O)N1CCC(=O)CC1.CC(C)(C)OC(=O)N1CCC(N2CCC(N3C(=O)CO[C@H]4CCCC[C@@H]43)CC2)CC1.O=C1CO[C@H]2CCCC[C@@H]2N1C1CCNCC1. The summed E-state index contributed by atoms with van der Waals surface area (Å²) in [5.41, 5.74) is -0.900. The van der Waals surface area contributed by atoms with E-state index in [1.807, 2.05) is 46.4 Å². The molecule has 15 heteroatoms. The zero-order chi connectivity index (χ0) is 43.7. The van der Waals surface area contributed by atoms with E-state index in [-0.39, 0.29) is 42.5 Å². The van der Waals surface area contributed by atoms with Gasteiger partial charge in [0.1, 0.15) is 30.2 Å². The Kier molecular flexibility index (Phi) is 16.8. The number of Topliss-reactive ketones (excluding diaryl/α,β-unsaturated/α-hetero) is 1. The van der Waals surface area contributed by atoms with Crippen LogP contribution in [0.5, 0.6) is 0 Å². The van der Waals surface area contributed by atoms with Crippen LogP contribution in [0.25, 0.3) is 0 Å². The van der Waals surface area contributed by atoms with Crippen LogP contribution in [-0.4, -0.2) is 173 Å². The van der Waals surface area contributed by atoms with Gasteiger partial charge >= 0.3 is 12.2 Å². The number of fused-ring (bicyclic) bond motifs is 2. The highest BCUT2D eigenvalue weighted by Gasteiger charge is 2.44. The van der Waals surface area contributed by atoms with Crippen LogP contribution in [0.15, 0.2) is 0 Å². The molecule has 4 amide bonds. The fourth-order valence-corrected chi connectivity index (χ4v) is 10.6. The Morgan fingerprint density at radius 1 is 0.541 bits per heavy atom. The second-order valence-electron chi connectivity index (χ2n) is 20.5. The van der Waals surface area contributed by atoms with Gasteiger partial charge in [0.15, 0.2) is 0 Å². The van der Waals surface area contributed by atoms with E-state index in [9.17, 15) is 24.0 Å². The summed E-state index contributed by atoms with van der Waals surface area (Å²) in [7, 11) is 0. The van der Waals surface area contributed by atoms with Gasteiger partial charge in [-0.3, -0.25) is 14.4 Å². The number of nitrogens with one attached hydrogen (secondary N) is 1. The van der Waals surface area contributed by atoms with E-state index in [2.05, 4.69) is 20.0 Å². The predicted molar refractivity (Wildman–Crippen MR) is 231 cm³/mol. The molecular weight excluding hydrogens is 781 g/mol. The lowest BCUT2D eigenvalue weighted by Gasteiger charge is -2.50. The van der Waals surface area contributed by atoms with Crippen molar-refractivity contribution in [2.45, 2.75) is 198 Å². The van der Waals surface area contributed by atoms with Gasteiger partial charge in [0.05, 0.1) is 24.3 Å². The molecule has 1 N–H and O–H groups in total. The minimum atomic E-state index is -0.460. The van der Waals surface area contributed by atoms with Crippen LogP contribution in [-0.2, 0) is 33.3 Å². The lowest BCUT2D eigenvalue weighted by Crippen LogP contribution is -2.61. The third-order valence-electron chi connectivity index (χ3n) is 13.7. The molecule has 2 aliphatic carbocycles. The van der Waals surface area contributed by atoms with Crippen LogP contribution in [0.1, 0.15) is 144 Å². The van der Waals surface area contributed by atoms with Crippen molar-refractivity contribution in [3.05, 3.63) is 0 Å². The molecule has 0 aromatic heterocycles. The molecule has 0 aromatic carbocycles. The number of hydrogen-bond acceptors (Lipinski definition) is 11. The standard InChI is InChI=1S/C23H39N3O4.C13H22N2O2.C10H17NO3/c1-23(2,3)30-22(28)25-14-8-17(9-15-25)24-12-10-18(11-13-24)26-19-6-4-5-7-20(19)29-16-21(26)27;16-13-9-17-12-4-2-1-3-11(12)15(13)10-5-7-14-8-6-10;1-10(2,3)14-9(13)11-6-4-8(12)5-7-11/h17-20H,4-16H2,1-3H3;10-12,14H,1-9H2;4-7H2,1-3H3/t19-,20-;11-,12-;/m00./s1. The van der Waals surface area contributed by atoms with Gasteiger partial charge in [-0.25, -0.2) is 9.59 Å². The summed E-state index contributed by atoms with van der Waals surface area (Å²) in [4.78, 5) is 70.0. The number of hydrogen-bond donors (Lipinski definition) is 1. The van der Waals surface area contributed by atoms with E-state index in [1.54, 1.807) is 4.90 Å². The van der Waals surface area contributed by atoms with Crippen molar-refractivity contribution in [1.82, 2.24) is 29.8 Å². The molecule has 6 saturated heterocycles. The number of morpholine rings is 2. The van der Waals surface area contributed by atoms with Crippen molar-refractivity contribution >= 4 is 29.8 Å². The number of ketones is 1.